The van der Waals surface area contributed by atoms with Gasteiger partial charge in [-0.3, -0.25) is 4.98 Å². The van der Waals surface area contributed by atoms with Crippen molar-refractivity contribution in [2.75, 3.05) is 6.54 Å². The van der Waals surface area contributed by atoms with E-state index >= 15 is 0 Å². The molecule has 1 aromatic carbocycles. The Kier molecular flexibility index (Phi) is 3.89. The average Bonchev–Trinajstić information content (AvgIpc) is 2.37. The van der Waals surface area contributed by atoms with Crippen molar-refractivity contribution >= 4 is 10.9 Å². The number of pyridine rings is 1. The Morgan fingerprint density at radius 3 is 2.94 bits per heavy atom. The summed E-state index contributed by atoms with van der Waals surface area (Å²) >= 11 is 0. The molecule has 0 unspecified atom stereocenters. The van der Waals surface area contributed by atoms with Crippen LogP contribution in [-0.4, -0.2) is 11.5 Å². The van der Waals surface area contributed by atoms with Crippen LogP contribution in [0.2, 0.25) is 0 Å². The minimum absolute atomic E-state index is 0.717. The summed E-state index contributed by atoms with van der Waals surface area (Å²) in [6.45, 7) is 2.87. The number of para-hydroxylation sites is 1. The third-order valence-corrected chi connectivity index (χ3v) is 2.87. The molecule has 0 atom stereocenters. The Morgan fingerprint density at radius 2 is 2.12 bits per heavy atom. The zero-order valence-corrected chi connectivity index (χ0v) is 10.2. The standard InChI is InChI=1S/C15H18N2/c1-12(5-4-9-16)11-13-8-10-17-15-7-3-2-6-14(13)15/h2-3,5-8,10H,4,9,11,16H2,1H3. The second-order valence-electron chi connectivity index (χ2n) is 4.29. The molecule has 1 aromatic heterocycles. The first-order chi connectivity index (χ1) is 8.31. The summed E-state index contributed by atoms with van der Waals surface area (Å²) in [5.74, 6) is 0. The van der Waals surface area contributed by atoms with Gasteiger partial charge in [0.15, 0.2) is 0 Å². The van der Waals surface area contributed by atoms with Gasteiger partial charge in [-0.25, -0.2) is 0 Å². The van der Waals surface area contributed by atoms with Crippen LogP contribution in [0.25, 0.3) is 10.9 Å². The van der Waals surface area contributed by atoms with Gasteiger partial charge in [0.25, 0.3) is 0 Å². The molecule has 0 fully saturated rings. The SMILES string of the molecule is CC(=CCCN)Cc1ccnc2ccccc12. The fourth-order valence-corrected chi connectivity index (χ4v) is 2.01. The summed E-state index contributed by atoms with van der Waals surface area (Å²) in [7, 11) is 0. The van der Waals surface area contributed by atoms with E-state index in [1.54, 1.807) is 0 Å². The molecule has 0 aliphatic rings. The fourth-order valence-electron chi connectivity index (χ4n) is 2.01. The Balaban J connectivity index is 2.30. The van der Waals surface area contributed by atoms with Crippen molar-refractivity contribution < 1.29 is 0 Å². The second-order valence-corrected chi connectivity index (χ2v) is 4.29. The van der Waals surface area contributed by atoms with E-state index in [4.69, 9.17) is 5.73 Å². The van der Waals surface area contributed by atoms with Gasteiger partial charge in [0.1, 0.15) is 0 Å². The van der Waals surface area contributed by atoms with E-state index in [9.17, 15) is 0 Å². The van der Waals surface area contributed by atoms with E-state index in [0.717, 1.165) is 18.4 Å². The van der Waals surface area contributed by atoms with E-state index in [2.05, 4.69) is 42.2 Å². The molecule has 2 aromatic rings. The third kappa shape index (κ3) is 2.92. The van der Waals surface area contributed by atoms with Crippen molar-refractivity contribution in [1.29, 1.82) is 0 Å². The predicted octanol–water partition coefficient (Wildman–Crippen LogP) is 3.07. The first-order valence-electron chi connectivity index (χ1n) is 5.99. The van der Waals surface area contributed by atoms with Gasteiger partial charge in [-0.05, 0) is 44.0 Å². The van der Waals surface area contributed by atoms with Crippen LogP contribution >= 0.6 is 0 Å². The number of allylic oxidation sites excluding steroid dienone is 1. The van der Waals surface area contributed by atoms with Crippen molar-refractivity contribution in [3.63, 3.8) is 0 Å². The lowest BCUT2D eigenvalue weighted by Crippen LogP contribution is -1.97. The molecular formula is C15H18N2. The molecule has 0 amide bonds. The highest BCUT2D eigenvalue weighted by molar-refractivity contribution is 5.82. The van der Waals surface area contributed by atoms with Crippen molar-refractivity contribution in [3.05, 3.63) is 53.7 Å². The average molecular weight is 226 g/mol. The van der Waals surface area contributed by atoms with E-state index in [1.807, 2.05) is 12.3 Å². The molecular weight excluding hydrogens is 208 g/mol. The van der Waals surface area contributed by atoms with E-state index in [-0.39, 0.29) is 0 Å². The normalized spacial score (nSPS) is 12.0. The Hall–Kier alpha value is -1.67. The van der Waals surface area contributed by atoms with Gasteiger partial charge in [-0.1, -0.05) is 29.8 Å². The maximum absolute atomic E-state index is 5.51. The highest BCUT2D eigenvalue weighted by atomic mass is 14.6. The molecule has 2 rings (SSSR count). The zero-order valence-electron chi connectivity index (χ0n) is 10.2. The van der Waals surface area contributed by atoms with Gasteiger partial charge < -0.3 is 5.73 Å². The van der Waals surface area contributed by atoms with Gasteiger partial charge in [-0.2, -0.15) is 0 Å². The topological polar surface area (TPSA) is 38.9 Å². The molecule has 0 bridgehead atoms. The highest BCUT2D eigenvalue weighted by Gasteiger charge is 2.01. The molecule has 0 aliphatic carbocycles. The van der Waals surface area contributed by atoms with Crippen LogP contribution in [0.5, 0.6) is 0 Å². The maximum atomic E-state index is 5.51. The monoisotopic (exact) mass is 226 g/mol. The Morgan fingerprint density at radius 1 is 1.29 bits per heavy atom. The molecule has 0 saturated heterocycles. The molecule has 2 heteroatoms. The molecule has 0 saturated carbocycles. The summed E-state index contributed by atoms with van der Waals surface area (Å²) in [6.07, 6.45) is 6.03. The molecule has 1 heterocycles. The number of rotatable bonds is 4. The number of hydrogen-bond acceptors (Lipinski definition) is 2. The largest absolute Gasteiger partial charge is 0.330 e. The van der Waals surface area contributed by atoms with Gasteiger partial charge >= 0.3 is 0 Å². The van der Waals surface area contributed by atoms with Crippen molar-refractivity contribution in [2.24, 2.45) is 5.73 Å². The summed E-state index contributed by atoms with van der Waals surface area (Å²) in [4.78, 5) is 4.37. The van der Waals surface area contributed by atoms with E-state index in [1.165, 1.54) is 16.5 Å². The van der Waals surface area contributed by atoms with Crippen LogP contribution in [0.3, 0.4) is 0 Å². The zero-order chi connectivity index (χ0) is 12.1. The highest BCUT2D eigenvalue weighted by Crippen LogP contribution is 2.19. The smallest absolute Gasteiger partial charge is 0.0704 e. The summed E-state index contributed by atoms with van der Waals surface area (Å²) in [6, 6.07) is 10.4. The quantitative estimate of drug-likeness (QED) is 0.814. The number of nitrogens with two attached hydrogens (primary N) is 1. The van der Waals surface area contributed by atoms with Crippen LogP contribution in [0, 0.1) is 0 Å². The van der Waals surface area contributed by atoms with E-state index in [0.29, 0.717) is 6.54 Å². The maximum Gasteiger partial charge on any atom is 0.0704 e. The summed E-state index contributed by atoms with van der Waals surface area (Å²) in [5.41, 5.74) is 9.27. The number of aromatic nitrogens is 1. The number of nitrogens with zero attached hydrogens (tertiary/aromatic N) is 1. The summed E-state index contributed by atoms with van der Waals surface area (Å²) in [5, 5.41) is 1.25. The number of hydrogen-bond donors (Lipinski definition) is 1. The molecule has 2 N–H and O–H groups in total. The minimum atomic E-state index is 0.717. The number of benzene rings is 1. The van der Waals surface area contributed by atoms with Crippen LogP contribution in [0.15, 0.2) is 48.2 Å². The third-order valence-electron chi connectivity index (χ3n) is 2.87. The molecule has 0 spiro atoms. The van der Waals surface area contributed by atoms with Crippen LogP contribution in [0.1, 0.15) is 18.9 Å². The van der Waals surface area contributed by atoms with Crippen molar-refractivity contribution in [1.82, 2.24) is 4.98 Å². The van der Waals surface area contributed by atoms with Crippen LogP contribution in [-0.2, 0) is 6.42 Å². The first kappa shape index (κ1) is 11.8. The van der Waals surface area contributed by atoms with Gasteiger partial charge in [-0.15, -0.1) is 0 Å². The lowest BCUT2D eigenvalue weighted by atomic mass is 10.0. The fraction of sp³-hybridized carbons (Fsp3) is 0.267. The molecule has 17 heavy (non-hydrogen) atoms. The van der Waals surface area contributed by atoms with Crippen molar-refractivity contribution in [2.45, 2.75) is 19.8 Å². The first-order valence-corrected chi connectivity index (χ1v) is 5.99. The lowest BCUT2D eigenvalue weighted by molar-refractivity contribution is 0.982. The van der Waals surface area contributed by atoms with E-state index < -0.39 is 0 Å². The second kappa shape index (κ2) is 5.60. The Bertz CT molecular complexity index is 524. The molecule has 0 radical (unpaired) electrons. The Labute approximate surface area is 102 Å². The van der Waals surface area contributed by atoms with Gasteiger partial charge in [0.2, 0.25) is 0 Å². The molecule has 0 aliphatic heterocycles. The predicted molar refractivity (Wildman–Crippen MR) is 72.9 cm³/mol. The van der Waals surface area contributed by atoms with Crippen molar-refractivity contribution in [3.8, 4) is 0 Å². The van der Waals surface area contributed by atoms with Crippen LogP contribution in [0.4, 0.5) is 0 Å². The van der Waals surface area contributed by atoms with Crippen LogP contribution < -0.4 is 5.73 Å². The molecule has 2 nitrogen and oxygen atoms in total. The minimum Gasteiger partial charge on any atom is -0.330 e. The lowest BCUT2D eigenvalue weighted by Gasteiger charge is -2.06. The summed E-state index contributed by atoms with van der Waals surface area (Å²) < 4.78 is 0. The van der Waals surface area contributed by atoms with Gasteiger partial charge in [0, 0.05) is 11.6 Å². The molecule has 88 valence electrons. The van der Waals surface area contributed by atoms with Gasteiger partial charge in [0.05, 0.1) is 5.52 Å². The number of fused-ring (bicyclic) bond motifs is 1.